The first-order valence-corrected chi connectivity index (χ1v) is 10.1. The summed E-state index contributed by atoms with van der Waals surface area (Å²) in [5.41, 5.74) is 5.57. The van der Waals surface area contributed by atoms with Gasteiger partial charge in [0.25, 0.3) is 11.8 Å². The predicted octanol–water partition coefficient (Wildman–Crippen LogP) is 3.54. The minimum absolute atomic E-state index is 0.0404. The molecule has 1 atom stereocenters. The second-order valence-corrected chi connectivity index (χ2v) is 7.29. The van der Waals surface area contributed by atoms with E-state index in [1.807, 2.05) is 41.8 Å². The summed E-state index contributed by atoms with van der Waals surface area (Å²) in [6.07, 6.45) is 1.60. The minimum Gasteiger partial charge on any atom is -0.464 e. The van der Waals surface area contributed by atoms with Gasteiger partial charge in [-0.2, -0.15) is 0 Å². The number of fused-ring (bicyclic) bond motifs is 1. The Balaban J connectivity index is 1.81. The molecule has 1 unspecified atom stereocenters. The van der Waals surface area contributed by atoms with E-state index in [0.717, 1.165) is 22.2 Å². The number of para-hydroxylation sites is 2. The van der Waals surface area contributed by atoms with Gasteiger partial charge in [-0.15, -0.1) is 0 Å². The maximum Gasteiger partial charge on any atom is 0.328 e. The lowest BCUT2D eigenvalue weighted by Gasteiger charge is -2.16. The van der Waals surface area contributed by atoms with E-state index in [9.17, 15) is 14.4 Å². The van der Waals surface area contributed by atoms with Gasteiger partial charge in [-0.25, -0.2) is 9.80 Å². The van der Waals surface area contributed by atoms with Gasteiger partial charge in [0.1, 0.15) is 11.6 Å². The van der Waals surface area contributed by atoms with Gasteiger partial charge >= 0.3 is 5.97 Å². The number of hydrogen-bond donors (Lipinski definition) is 1. The van der Waals surface area contributed by atoms with Gasteiger partial charge in [-0.05, 0) is 45.0 Å². The molecule has 1 saturated heterocycles. The van der Waals surface area contributed by atoms with Crippen LogP contribution in [0, 0.1) is 6.92 Å². The van der Waals surface area contributed by atoms with Gasteiger partial charge in [0.15, 0.2) is 0 Å². The van der Waals surface area contributed by atoms with Gasteiger partial charge < -0.3 is 9.30 Å². The van der Waals surface area contributed by atoms with Gasteiger partial charge in [-0.1, -0.05) is 36.4 Å². The molecule has 1 aliphatic heterocycles. The molecule has 1 fully saturated rings. The van der Waals surface area contributed by atoms with Crippen LogP contribution in [-0.4, -0.2) is 29.0 Å². The summed E-state index contributed by atoms with van der Waals surface area (Å²) < 4.78 is 7.08. The molecule has 1 aromatic heterocycles. The smallest absolute Gasteiger partial charge is 0.328 e. The van der Waals surface area contributed by atoms with Crippen molar-refractivity contribution < 1.29 is 19.1 Å². The van der Waals surface area contributed by atoms with Crippen LogP contribution in [0.5, 0.6) is 0 Å². The van der Waals surface area contributed by atoms with Crippen molar-refractivity contribution in [2.75, 3.05) is 11.6 Å². The second-order valence-electron chi connectivity index (χ2n) is 7.29. The lowest BCUT2D eigenvalue weighted by atomic mass is 10.1. The first kappa shape index (κ1) is 20.4. The Morgan fingerprint density at radius 1 is 1.10 bits per heavy atom. The molecule has 2 amide bonds. The fourth-order valence-electron chi connectivity index (χ4n) is 3.93. The van der Waals surface area contributed by atoms with Crippen LogP contribution in [0.3, 0.4) is 0 Å². The summed E-state index contributed by atoms with van der Waals surface area (Å²) >= 11 is 0. The Bertz CT molecular complexity index is 1210. The first-order chi connectivity index (χ1) is 14.9. The number of ether oxygens (including phenoxy) is 1. The zero-order chi connectivity index (χ0) is 22.1. The SMILES string of the molecule is CCOC(=O)C(C)n1c(C)c(C=C2C(=O)NN(c3ccccc3)C2=O)c2ccccc21. The van der Waals surface area contributed by atoms with Gasteiger partial charge in [0.2, 0.25) is 0 Å². The molecule has 2 aromatic carbocycles. The summed E-state index contributed by atoms with van der Waals surface area (Å²) in [5.74, 6) is -1.23. The Morgan fingerprint density at radius 2 is 1.77 bits per heavy atom. The van der Waals surface area contributed by atoms with Gasteiger partial charge in [0.05, 0.1) is 12.3 Å². The molecule has 1 aliphatic rings. The van der Waals surface area contributed by atoms with E-state index in [-0.39, 0.29) is 11.5 Å². The maximum atomic E-state index is 13.0. The van der Waals surface area contributed by atoms with E-state index >= 15 is 0 Å². The summed E-state index contributed by atoms with van der Waals surface area (Å²) in [6.45, 7) is 5.71. The van der Waals surface area contributed by atoms with Crippen LogP contribution in [0.2, 0.25) is 0 Å². The van der Waals surface area contributed by atoms with E-state index in [1.165, 1.54) is 5.01 Å². The standard InChI is InChI=1S/C24H23N3O4/c1-4-31-24(30)16(3)26-15(2)19(18-12-8-9-13-21(18)26)14-20-22(28)25-27(23(20)29)17-10-6-5-7-11-17/h5-14,16H,4H2,1-3H3,(H,25,28). The molecule has 2 heterocycles. The minimum atomic E-state index is -0.550. The molecular weight excluding hydrogens is 394 g/mol. The molecule has 0 saturated carbocycles. The van der Waals surface area contributed by atoms with Crippen LogP contribution in [0.25, 0.3) is 17.0 Å². The average Bonchev–Trinajstić information content (AvgIpc) is 3.22. The average molecular weight is 417 g/mol. The molecular formula is C24H23N3O4. The fourth-order valence-corrected chi connectivity index (χ4v) is 3.93. The van der Waals surface area contributed by atoms with Crippen LogP contribution in [0.1, 0.15) is 31.1 Å². The quantitative estimate of drug-likeness (QED) is 0.391. The second kappa shape index (κ2) is 8.10. The van der Waals surface area contributed by atoms with Crippen molar-refractivity contribution in [1.82, 2.24) is 9.99 Å². The molecule has 7 heteroatoms. The van der Waals surface area contributed by atoms with Crippen LogP contribution >= 0.6 is 0 Å². The number of amides is 2. The molecule has 1 N–H and O–H groups in total. The van der Waals surface area contributed by atoms with E-state index < -0.39 is 17.9 Å². The zero-order valence-electron chi connectivity index (χ0n) is 17.6. The van der Waals surface area contributed by atoms with E-state index in [1.54, 1.807) is 44.2 Å². The number of benzene rings is 2. The Hall–Kier alpha value is -3.87. The van der Waals surface area contributed by atoms with Crippen molar-refractivity contribution in [1.29, 1.82) is 0 Å². The number of hydrazine groups is 1. The molecule has 0 radical (unpaired) electrons. The first-order valence-electron chi connectivity index (χ1n) is 10.1. The third-order valence-corrected chi connectivity index (χ3v) is 5.41. The van der Waals surface area contributed by atoms with Crippen LogP contribution in [0.4, 0.5) is 5.69 Å². The molecule has 0 spiro atoms. The normalized spacial score (nSPS) is 16.1. The predicted molar refractivity (Wildman–Crippen MR) is 118 cm³/mol. The number of aromatic nitrogens is 1. The highest BCUT2D eigenvalue weighted by molar-refractivity contribution is 6.32. The molecule has 31 heavy (non-hydrogen) atoms. The number of nitrogens with one attached hydrogen (secondary N) is 1. The monoisotopic (exact) mass is 417 g/mol. The number of rotatable bonds is 5. The molecule has 4 rings (SSSR count). The maximum absolute atomic E-state index is 13.0. The lowest BCUT2D eigenvalue weighted by Crippen LogP contribution is -2.35. The van der Waals surface area contributed by atoms with Gasteiger partial charge in [-0.3, -0.25) is 15.0 Å². The summed E-state index contributed by atoms with van der Waals surface area (Å²) in [5, 5.41) is 2.09. The van der Waals surface area contributed by atoms with Crippen molar-refractivity contribution in [2.45, 2.75) is 26.8 Å². The van der Waals surface area contributed by atoms with Crippen molar-refractivity contribution in [3.05, 3.63) is 71.4 Å². The number of carbonyl (C=O) groups is 3. The Morgan fingerprint density at radius 3 is 2.48 bits per heavy atom. The third-order valence-electron chi connectivity index (χ3n) is 5.41. The largest absolute Gasteiger partial charge is 0.464 e. The van der Waals surface area contributed by atoms with Crippen molar-refractivity contribution in [2.24, 2.45) is 0 Å². The number of anilines is 1. The van der Waals surface area contributed by atoms with Crippen molar-refractivity contribution in [3.63, 3.8) is 0 Å². The number of esters is 1. The lowest BCUT2D eigenvalue weighted by molar-refractivity contribution is -0.146. The zero-order valence-corrected chi connectivity index (χ0v) is 17.6. The highest BCUT2D eigenvalue weighted by Gasteiger charge is 2.35. The molecule has 0 bridgehead atoms. The fraction of sp³-hybridized carbons (Fsp3) is 0.208. The summed E-state index contributed by atoms with van der Waals surface area (Å²) in [4.78, 5) is 38.0. The number of nitrogens with zero attached hydrogens (tertiary/aromatic N) is 2. The molecule has 7 nitrogen and oxygen atoms in total. The topological polar surface area (TPSA) is 80.6 Å². The van der Waals surface area contributed by atoms with E-state index in [4.69, 9.17) is 4.74 Å². The molecule has 3 aromatic rings. The number of carbonyl (C=O) groups excluding carboxylic acids is 3. The Kier molecular flexibility index (Phi) is 5.33. The summed E-state index contributed by atoms with van der Waals surface area (Å²) in [6, 6.07) is 16.0. The van der Waals surface area contributed by atoms with Crippen LogP contribution in [0.15, 0.2) is 60.2 Å². The highest BCUT2D eigenvalue weighted by Crippen LogP contribution is 2.32. The van der Waals surface area contributed by atoms with E-state index in [0.29, 0.717) is 12.3 Å². The highest BCUT2D eigenvalue weighted by atomic mass is 16.5. The van der Waals surface area contributed by atoms with Crippen LogP contribution < -0.4 is 10.4 Å². The Labute approximate surface area is 179 Å². The number of hydrogen-bond acceptors (Lipinski definition) is 4. The van der Waals surface area contributed by atoms with Gasteiger partial charge in [0, 0.05) is 22.2 Å². The third kappa shape index (κ3) is 3.48. The van der Waals surface area contributed by atoms with Crippen molar-refractivity contribution >= 4 is 40.4 Å². The summed E-state index contributed by atoms with van der Waals surface area (Å²) in [7, 11) is 0. The molecule has 158 valence electrons. The van der Waals surface area contributed by atoms with Crippen molar-refractivity contribution in [3.8, 4) is 0 Å². The molecule has 0 aliphatic carbocycles. The van der Waals surface area contributed by atoms with E-state index in [2.05, 4.69) is 5.43 Å². The van der Waals surface area contributed by atoms with Crippen LogP contribution in [-0.2, 0) is 19.1 Å².